The van der Waals surface area contributed by atoms with Crippen LogP contribution in [0.5, 0.6) is 11.5 Å². The predicted molar refractivity (Wildman–Crippen MR) is 152 cm³/mol. The second-order valence-corrected chi connectivity index (χ2v) is 22.1. The normalized spacial score (nSPS) is 10.7. The van der Waals surface area contributed by atoms with E-state index in [1.54, 1.807) is 48.5 Å². The molecule has 0 amide bonds. The highest BCUT2D eigenvalue weighted by atomic mass is 35.5. The number of hydrogen-bond donors (Lipinski definition) is 3. The Balaban J connectivity index is 0.000000577. The molecule has 2 rings (SSSR count). The first-order valence-electron chi connectivity index (χ1n) is 11.9. The molecule has 2 aromatic rings. The zero-order valence-electron chi connectivity index (χ0n) is 22.6. The Bertz CT molecular complexity index is 908. The van der Waals surface area contributed by atoms with Crippen LogP contribution < -0.4 is 4.74 Å². The summed E-state index contributed by atoms with van der Waals surface area (Å²) in [4.78, 5) is 21.5. The fourth-order valence-corrected chi connectivity index (χ4v) is 3.77. The lowest BCUT2D eigenvalue weighted by Gasteiger charge is -2.15. The van der Waals surface area contributed by atoms with E-state index in [4.69, 9.17) is 36.4 Å². The number of phenols is 1. The van der Waals surface area contributed by atoms with E-state index in [1.165, 1.54) is 0 Å². The molecule has 3 N–H and O–H groups in total. The molecule has 11 heteroatoms. The highest BCUT2D eigenvalue weighted by Crippen LogP contribution is 2.14. The predicted octanol–water partition coefficient (Wildman–Crippen LogP) is 6.62. The zero-order valence-corrected chi connectivity index (χ0v) is 25.4. The van der Waals surface area contributed by atoms with Crippen LogP contribution in [0.15, 0.2) is 48.5 Å². The van der Waals surface area contributed by atoms with Crippen molar-refractivity contribution in [3.63, 3.8) is 0 Å². The third kappa shape index (κ3) is 21.4. The Hall–Kier alpha value is -2.38. The van der Waals surface area contributed by atoms with Crippen molar-refractivity contribution in [3.8, 4) is 11.5 Å². The molecule has 0 fully saturated rings. The van der Waals surface area contributed by atoms with Gasteiger partial charge in [0.15, 0.2) is 0 Å². The molecule has 208 valence electrons. The smallest absolute Gasteiger partial charge is 0.508 e. The van der Waals surface area contributed by atoms with E-state index in [0.717, 1.165) is 23.2 Å². The SMILES string of the molecule is C[Si](C)(C)CCOC(=O)Cl.C[Si](C)(C)CCOC(=O)Oc1ccc(CO)cc1.OCc1ccc(O)cc1. The number of aliphatic hydroxyl groups is 2. The van der Waals surface area contributed by atoms with E-state index in [-0.39, 0.29) is 19.0 Å². The topological polar surface area (TPSA) is 123 Å². The molecular weight excluding hydrogens is 532 g/mol. The van der Waals surface area contributed by atoms with Crippen LogP contribution in [-0.2, 0) is 22.7 Å². The maximum atomic E-state index is 11.4. The molecule has 0 saturated heterocycles. The van der Waals surface area contributed by atoms with E-state index in [2.05, 4.69) is 44.0 Å². The van der Waals surface area contributed by atoms with Gasteiger partial charge < -0.3 is 29.5 Å². The quantitative estimate of drug-likeness (QED) is 0.133. The molecule has 8 nitrogen and oxygen atoms in total. The third-order valence-corrected chi connectivity index (χ3v) is 8.08. The van der Waals surface area contributed by atoms with Gasteiger partial charge in [-0.15, -0.1) is 0 Å². The van der Waals surface area contributed by atoms with E-state index >= 15 is 0 Å². The lowest BCUT2D eigenvalue weighted by molar-refractivity contribution is 0.104. The van der Waals surface area contributed by atoms with Crippen LogP contribution in [0.25, 0.3) is 0 Å². The maximum Gasteiger partial charge on any atom is 0.513 e. The Kier molecular flexibility index (Phi) is 16.8. The first-order chi connectivity index (χ1) is 17.1. The average molecular weight is 573 g/mol. The Morgan fingerprint density at radius 3 is 1.51 bits per heavy atom. The fraction of sp³-hybridized carbons (Fsp3) is 0.462. The summed E-state index contributed by atoms with van der Waals surface area (Å²) in [7, 11) is -2.25. The van der Waals surface area contributed by atoms with Crippen LogP contribution in [0, 0.1) is 0 Å². The van der Waals surface area contributed by atoms with Gasteiger partial charge in [0.05, 0.1) is 26.4 Å². The monoisotopic (exact) mass is 572 g/mol. The Labute approximate surface area is 227 Å². The van der Waals surface area contributed by atoms with Crippen LogP contribution >= 0.6 is 11.6 Å². The van der Waals surface area contributed by atoms with E-state index in [0.29, 0.717) is 19.0 Å². The molecule has 0 bridgehead atoms. The summed E-state index contributed by atoms with van der Waals surface area (Å²) in [6, 6.07) is 15.0. The van der Waals surface area contributed by atoms with Gasteiger partial charge in [0.2, 0.25) is 0 Å². The molecule has 2 aromatic carbocycles. The van der Waals surface area contributed by atoms with E-state index < -0.39 is 27.7 Å². The second-order valence-electron chi connectivity index (χ2n) is 10.5. The zero-order chi connectivity index (χ0) is 28.5. The minimum atomic E-state index is -1.19. The summed E-state index contributed by atoms with van der Waals surface area (Å²) < 4.78 is 14.6. The first-order valence-corrected chi connectivity index (χ1v) is 19.7. The van der Waals surface area contributed by atoms with Gasteiger partial charge >= 0.3 is 11.6 Å². The minimum absolute atomic E-state index is 0.0268. The minimum Gasteiger partial charge on any atom is -0.508 e. The number of halogens is 1. The fourth-order valence-electron chi connectivity index (χ4n) is 2.27. The standard InChI is InChI=1S/C13H20O4Si.C7H8O2.C6H13ClO2Si/c1-18(2,3)9-8-16-13(15)17-12-6-4-11(10-14)5-7-12;8-5-6-1-3-7(9)4-2-6;1-10(2,3)5-4-9-6(7)8/h4-7,14H,8-10H2,1-3H3;1-4,8-9H,5H2;4-5H2,1-3H3. The Morgan fingerprint density at radius 2 is 1.14 bits per heavy atom. The van der Waals surface area contributed by atoms with Crippen LogP contribution in [-0.4, -0.2) is 56.3 Å². The Morgan fingerprint density at radius 1 is 0.730 bits per heavy atom. The van der Waals surface area contributed by atoms with Gasteiger partial charge in [-0.25, -0.2) is 9.59 Å². The summed E-state index contributed by atoms with van der Waals surface area (Å²) >= 11 is 4.96. The van der Waals surface area contributed by atoms with Crippen molar-refractivity contribution in [2.24, 2.45) is 0 Å². The van der Waals surface area contributed by atoms with Crippen LogP contribution in [0.2, 0.25) is 51.4 Å². The second kappa shape index (κ2) is 18.0. The number of aromatic hydroxyl groups is 1. The van der Waals surface area contributed by atoms with Crippen molar-refractivity contribution in [3.05, 3.63) is 59.7 Å². The molecule has 0 aliphatic carbocycles. The van der Waals surface area contributed by atoms with Gasteiger partial charge in [-0.1, -0.05) is 63.5 Å². The molecule has 0 aliphatic rings. The highest BCUT2D eigenvalue weighted by Gasteiger charge is 2.15. The average Bonchev–Trinajstić information content (AvgIpc) is 2.79. The van der Waals surface area contributed by atoms with E-state index in [9.17, 15) is 9.59 Å². The van der Waals surface area contributed by atoms with Gasteiger partial charge in [-0.3, -0.25) is 0 Å². The highest BCUT2D eigenvalue weighted by molar-refractivity contribution is 6.76. The van der Waals surface area contributed by atoms with Crippen molar-refractivity contribution in [2.75, 3.05) is 13.2 Å². The molecule has 0 spiro atoms. The molecule has 37 heavy (non-hydrogen) atoms. The summed E-state index contributed by atoms with van der Waals surface area (Å²) in [5.74, 6) is 0.650. The number of hydrogen-bond acceptors (Lipinski definition) is 8. The lowest BCUT2D eigenvalue weighted by Crippen LogP contribution is -2.23. The van der Waals surface area contributed by atoms with Gasteiger partial charge in [0.1, 0.15) is 11.5 Å². The number of benzene rings is 2. The van der Waals surface area contributed by atoms with Gasteiger partial charge in [-0.2, -0.15) is 0 Å². The first kappa shape index (κ1) is 34.6. The van der Waals surface area contributed by atoms with Crippen molar-refractivity contribution in [2.45, 2.75) is 64.6 Å². The van der Waals surface area contributed by atoms with Crippen molar-refractivity contribution >= 4 is 39.3 Å². The molecular formula is C26H41ClO8Si2. The number of phenolic OH excluding ortho intramolecular Hbond substituents is 1. The van der Waals surface area contributed by atoms with Gasteiger partial charge in [0, 0.05) is 27.7 Å². The number of carbonyl (C=O) groups is 2. The number of ether oxygens (including phenoxy) is 3. The van der Waals surface area contributed by atoms with Gasteiger partial charge in [0.25, 0.3) is 0 Å². The number of aliphatic hydroxyl groups excluding tert-OH is 2. The maximum absolute atomic E-state index is 11.4. The molecule has 0 aromatic heterocycles. The summed E-state index contributed by atoms with van der Waals surface area (Å²) in [6.45, 7) is 14.2. The van der Waals surface area contributed by atoms with Crippen LogP contribution in [0.1, 0.15) is 11.1 Å². The van der Waals surface area contributed by atoms with Crippen molar-refractivity contribution in [1.82, 2.24) is 0 Å². The lowest BCUT2D eigenvalue weighted by atomic mass is 10.2. The van der Waals surface area contributed by atoms with Gasteiger partial charge in [-0.05, 0) is 47.5 Å². The molecule has 0 saturated carbocycles. The number of carbonyl (C=O) groups excluding carboxylic acids is 2. The molecule has 0 heterocycles. The molecule has 0 atom stereocenters. The van der Waals surface area contributed by atoms with Crippen LogP contribution in [0.4, 0.5) is 9.59 Å². The van der Waals surface area contributed by atoms with Crippen molar-refractivity contribution < 1.29 is 39.1 Å². The van der Waals surface area contributed by atoms with Crippen LogP contribution in [0.3, 0.4) is 0 Å². The van der Waals surface area contributed by atoms with Crippen molar-refractivity contribution in [1.29, 1.82) is 0 Å². The van der Waals surface area contributed by atoms with E-state index in [1.807, 2.05) is 0 Å². The summed E-state index contributed by atoms with van der Waals surface area (Å²) in [5.41, 5.74) is 0.889. The summed E-state index contributed by atoms with van der Waals surface area (Å²) in [6.07, 6.45) is -0.676. The third-order valence-electron chi connectivity index (χ3n) is 4.57. The summed E-state index contributed by atoms with van der Waals surface area (Å²) in [5, 5.41) is 26.2. The molecule has 0 unspecified atom stereocenters. The molecule has 0 aliphatic heterocycles. The number of rotatable bonds is 9. The molecule has 0 radical (unpaired) electrons. The largest absolute Gasteiger partial charge is 0.513 e.